The summed E-state index contributed by atoms with van der Waals surface area (Å²) in [6, 6.07) is 24.7. The Balaban J connectivity index is 1.39. The zero-order valence-electron chi connectivity index (χ0n) is 14.0. The van der Waals surface area contributed by atoms with Crippen LogP contribution in [0, 0.1) is 0 Å². The molecular weight excluding hydrogens is 326 g/mol. The molecule has 1 N–H and O–H groups in total. The number of pyridine rings is 1. The van der Waals surface area contributed by atoms with Gasteiger partial charge in [0.2, 0.25) is 0 Å². The third kappa shape index (κ3) is 3.57. The van der Waals surface area contributed by atoms with Gasteiger partial charge in [-0.1, -0.05) is 36.4 Å². The first-order valence-corrected chi connectivity index (χ1v) is 8.30. The monoisotopic (exact) mass is 343 g/mol. The Morgan fingerprint density at radius 2 is 1.73 bits per heavy atom. The quantitative estimate of drug-likeness (QED) is 0.592. The van der Waals surface area contributed by atoms with Crippen LogP contribution in [0.15, 0.2) is 85.1 Å². The molecule has 0 unspecified atom stereocenters. The second kappa shape index (κ2) is 7.11. The Bertz CT molecular complexity index is 991. The molecule has 2 aromatic carbocycles. The maximum Gasteiger partial charge on any atom is 0.276 e. The van der Waals surface area contributed by atoms with E-state index in [1.54, 1.807) is 10.6 Å². The molecule has 2 heterocycles. The molecule has 0 aliphatic carbocycles. The second-order valence-corrected chi connectivity index (χ2v) is 5.85. The van der Waals surface area contributed by atoms with Crippen molar-refractivity contribution >= 4 is 17.1 Å². The maximum absolute atomic E-state index is 12.4. The van der Waals surface area contributed by atoms with E-state index in [-0.39, 0.29) is 5.91 Å². The lowest BCUT2D eigenvalue weighted by Gasteiger charge is -2.08. The normalized spacial score (nSPS) is 10.6. The highest BCUT2D eigenvalue weighted by atomic mass is 16.5. The number of nitrogens with zero attached hydrogens (tertiary/aromatic N) is 2. The van der Waals surface area contributed by atoms with E-state index in [4.69, 9.17) is 4.74 Å². The molecule has 0 saturated heterocycles. The number of carbonyl (C=O) groups excluding carboxylic acids is 1. The van der Waals surface area contributed by atoms with Gasteiger partial charge in [0, 0.05) is 11.9 Å². The van der Waals surface area contributed by atoms with Crippen molar-refractivity contribution in [2.24, 2.45) is 0 Å². The molecule has 0 atom stereocenters. The predicted molar refractivity (Wildman–Crippen MR) is 100 cm³/mol. The van der Waals surface area contributed by atoms with E-state index < -0.39 is 0 Å². The van der Waals surface area contributed by atoms with Gasteiger partial charge in [-0.15, -0.1) is 0 Å². The highest BCUT2D eigenvalue weighted by Crippen LogP contribution is 2.18. The van der Waals surface area contributed by atoms with Gasteiger partial charge < -0.3 is 10.1 Å². The van der Waals surface area contributed by atoms with Crippen LogP contribution in [0.4, 0.5) is 5.69 Å². The van der Waals surface area contributed by atoms with E-state index >= 15 is 0 Å². The van der Waals surface area contributed by atoms with E-state index in [1.807, 2.05) is 79.0 Å². The van der Waals surface area contributed by atoms with Crippen LogP contribution < -0.4 is 10.1 Å². The molecule has 128 valence electrons. The van der Waals surface area contributed by atoms with Gasteiger partial charge in [-0.2, -0.15) is 5.10 Å². The van der Waals surface area contributed by atoms with Crippen molar-refractivity contribution in [2.75, 3.05) is 5.32 Å². The molecule has 5 heteroatoms. The number of rotatable bonds is 5. The fourth-order valence-electron chi connectivity index (χ4n) is 2.62. The minimum atomic E-state index is -0.244. The molecule has 4 aromatic rings. The second-order valence-electron chi connectivity index (χ2n) is 5.85. The highest BCUT2D eigenvalue weighted by molar-refractivity contribution is 6.03. The highest BCUT2D eigenvalue weighted by Gasteiger charge is 2.11. The average Bonchev–Trinajstić information content (AvgIpc) is 3.13. The zero-order valence-corrected chi connectivity index (χ0v) is 14.0. The number of carbonyl (C=O) groups is 1. The molecule has 0 spiro atoms. The van der Waals surface area contributed by atoms with Crippen LogP contribution in [0.1, 0.15) is 16.1 Å². The van der Waals surface area contributed by atoms with Crippen LogP contribution in [0.25, 0.3) is 5.52 Å². The van der Waals surface area contributed by atoms with E-state index in [0.29, 0.717) is 18.0 Å². The number of anilines is 1. The summed E-state index contributed by atoms with van der Waals surface area (Å²) in [5.74, 6) is 0.506. The third-order valence-corrected chi connectivity index (χ3v) is 3.96. The Morgan fingerprint density at radius 3 is 2.50 bits per heavy atom. The van der Waals surface area contributed by atoms with Gasteiger partial charge in [0.05, 0.1) is 5.52 Å². The van der Waals surface area contributed by atoms with Gasteiger partial charge in [-0.3, -0.25) is 4.79 Å². The number of nitrogens with one attached hydrogen (secondary N) is 1. The van der Waals surface area contributed by atoms with Crippen molar-refractivity contribution in [2.45, 2.75) is 6.61 Å². The lowest BCUT2D eigenvalue weighted by atomic mass is 10.2. The summed E-state index contributed by atoms with van der Waals surface area (Å²) in [6.07, 6.45) is 1.81. The topological polar surface area (TPSA) is 55.6 Å². The molecule has 0 saturated carbocycles. The standard InChI is InChI=1S/C21H17N3O2/c25-21(20-14-18-8-4-5-13-24(18)23-20)22-17-9-11-19(12-10-17)26-15-16-6-2-1-3-7-16/h1-14H,15H2,(H,22,25). The summed E-state index contributed by atoms with van der Waals surface area (Å²) < 4.78 is 7.42. The lowest BCUT2D eigenvalue weighted by molar-refractivity contribution is 0.102. The first-order valence-electron chi connectivity index (χ1n) is 8.30. The SMILES string of the molecule is O=C(Nc1ccc(OCc2ccccc2)cc1)c1cc2ccccn2n1. The number of ether oxygens (including phenoxy) is 1. The number of benzene rings is 2. The van der Waals surface area contributed by atoms with Crippen molar-refractivity contribution in [1.29, 1.82) is 0 Å². The summed E-state index contributed by atoms with van der Waals surface area (Å²) in [4.78, 5) is 12.4. The van der Waals surface area contributed by atoms with Gasteiger partial charge >= 0.3 is 0 Å². The summed E-state index contributed by atoms with van der Waals surface area (Å²) >= 11 is 0. The molecule has 5 nitrogen and oxygen atoms in total. The summed E-state index contributed by atoms with van der Waals surface area (Å²) in [7, 11) is 0. The fourth-order valence-corrected chi connectivity index (χ4v) is 2.62. The molecule has 0 fully saturated rings. The van der Waals surface area contributed by atoms with Crippen LogP contribution >= 0.6 is 0 Å². The van der Waals surface area contributed by atoms with Crippen LogP contribution in [0.5, 0.6) is 5.75 Å². The first-order chi connectivity index (χ1) is 12.8. The molecular formula is C21H17N3O2. The van der Waals surface area contributed by atoms with Crippen molar-refractivity contribution in [1.82, 2.24) is 9.61 Å². The summed E-state index contributed by atoms with van der Waals surface area (Å²) in [6.45, 7) is 0.508. The third-order valence-electron chi connectivity index (χ3n) is 3.96. The Labute approximate surface area is 150 Å². The number of hydrogen-bond donors (Lipinski definition) is 1. The molecule has 0 radical (unpaired) electrons. The van der Waals surface area contributed by atoms with Crippen molar-refractivity contribution in [3.63, 3.8) is 0 Å². The van der Waals surface area contributed by atoms with Gasteiger partial charge in [-0.25, -0.2) is 4.52 Å². The first kappa shape index (κ1) is 15.9. The van der Waals surface area contributed by atoms with Crippen LogP contribution in [0.3, 0.4) is 0 Å². The Hall–Kier alpha value is -3.60. The molecule has 0 bridgehead atoms. The number of hydrogen-bond acceptors (Lipinski definition) is 3. The van der Waals surface area contributed by atoms with Gasteiger partial charge in [-0.05, 0) is 48.0 Å². The van der Waals surface area contributed by atoms with E-state index in [9.17, 15) is 4.79 Å². The Kier molecular flexibility index (Phi) is 4.35. The molecule has 4 rings (SSSR count). The van der Waals surface area contributed by atoms with Gasteiger partial charge in [0.15, 0.2) is 5.69 Å². The van der Waals surface area contributed by atoms with E-state index in [1.165, 1.54) is 0 Å². The summed E-state index contributed by atoms with van der Waals surface area (Å²) in [5.41, 5.74) is 3.05. The minimum Gasteiger partial charge on any atom is -0.489 e. The minimum absolute atomic E-state index is 0.244. The lowest BCUT2D eigenvalue weighted by Crippen LogP contribution is -2.12. The predicted octanol–water partition coefficient (Wildman–Crippen LogP) is 4.17. The van der Waals surface area contributed by atoms with Gasteiger partial charge in [0.1, 0.15) is 12.4 Å². The van der Waals surface area contributed by atoms with Crippen molar-refractivity contribution in [3.05, 3.63) is 96.3 Å². The van der Waals surface area contributed by atoms with Crippen molar-refractivity contribution < 1.29 is 9.53 Å². The van der Waals surface area contributed by atoms with E-state index in [2.05, 4.69) is 10.4 Å². The molecule has 26 heavy (non-hydrogen) atoms. The zero-order chi connectivity index (χ0) is 17.8. The number of aromatic nitrogens is 2. The smallest absolute Gasteiger partial charge is 0.276 e. The molecule has 2 aromatic heterocycles. The maximum atomic E-state index is 12.4. The molecule has 0 aliphatic rings. The largest absolute Gasteiger partial charge is 0.489 e. The summed E-state index contributed by atoms with van der Waals surface area (Å²) in [5, 5.41) is 7.12. The van der Waals surface area contributed by atoms with Crippen LogP contribution in [0.2, 0.25) is 0 Å². The fraction of sp³-hybridized carbons (Fsp3) is 0.0476. The molecule has 1 amide bonds. The van der Waals surface area contributed by atoms with Crippen molar-refractivity contribution in [3.8, 4) is 5.75 Å². The average molecular weight is 343 g/mol. The number of amides is 1. The molecule has 0 aliphatic heterocycles. The number of fused-ring (bicyclic) bond motifs is 1. The van der Waals surface area contributed by atoms with E-state index in [0.717, 1.165) is 16.8 Å². The van der Waals surface area contributed by atoms with Crippen LogP contribution in [-0.2, 0) is 6.61 Å². The Morgan fingerprint density at radius 1 is 0.962 bits per heavy atom. The van der Waals surface area contributed by atoms with Crippen LogP contribution in [-0.4, -0.2) is 15.5 Å². The van der Waals surface area contributed by atoms with Gasteiger partial charge in [0.25, 0.3) is 5.91 Å².